The molecule has 2 aromatic rings. The van der Waals surface area contributed by atoms with Crippen LogP contribution in [0.1, 0.15) is 24.0 Å². The van der Waals surface area contributed by atoms with E-state index in [1.54, 1.807) is 30.7 Å². The van der Waals surface area contributed by atoms with Crippen molar-refractivity contribution in [2.24, 2.45) is 0 Å². The Morgan fingerprint density at radius 3 is 2.30 bits per heavy atom. The normalized spacial score (nSPS) is 15.0. The molecule has 0 aromatic heterocycles. The van der Waals surface area contributed by atoms with Crippen LogP contribution in [0.3, 0.4) is 0 Å². The van der Waals surface area contributed by atoms with Crippen LogP contribution < -0.4 is 14.8 Å². The zero-order chi connectivity index (χ0) is 19.3. The topological polar surface area (TPSA) is 67.9 Å². The Bertz CT molecular complexity index is 860. The van der Waals surface area contributed by atoms with Crippen molar-refractivity contribution in [1.29, 1.82) is 0 Å². The SMILES string of the molecule is COc1ccc(CNCc2ccc(S(=O)(=O)N3CCCC3)cc2)c(OC)c1. The van der Waals surface area contributed by atoms with Crippen LogP contribution in [0, 0.1) is 0 Å². The van der Waals surface area contributed by atoms with Gasteiger partial charge in [0.2, 0.25) is 10.0 Å². The second-order valence-electron chi connectivity index (χ2n) is 6.54. The molecule has 27 heavy (non-hydrogen) atoms. The maximum absolute atomic E-state index is 12.6. The highest BCUT2D eigenvalue weighted by atomic mass is 32.2. The molecule has 1 fully saturated rings. The van der Waals surface area contributed by atoms with Crippen molar-refractivity contribution in [2.75, 3.05) is 27.3 Å². The van der Waals surface area contributed by atoms with Gasteiger partial charge < -0.3 is 14.8 Å². The molecule has 1 N–H and O–H groups in total. The highest BCUT2D eigenvalue weighted by molar-refractivity contribution is 7.89. The second kappa shape index (κ2) is 8.73. The first-order valence-corrected chi connectivity index (χ1v) is 10.5. The molecule has 1 heterocycles. The zero-order valence-electron chi connectivity index (χ0n) is 15.8. The zero-order valence-corrected chi connectivity index (χ0v) is 16.6. The molecule has 0 aliphatic carbocycles. The second-order valence-corrected chi connectivity index (χ2v) is 8.47. The summed E-state index contributed by atoms with van der Waals surface area (Å²) in [6.45, 7) is 2.52. The largest absolute Gasteiger partial charge is 0.497 e. The van der Waals surface area contributed by atoms with Crippen LogP contribution in [0.2, 0.25) is 0 Å². The van der Waals surface area contributed by atoms with E-state index in [-0.39, 0.29) is 0 Å². The van der Waals surface area contributed by atoms with Crippen LogP contribution in [-0.4, -0.2) is 40.0 Å². The Balaban J connectivity index is 1.59. The van der Waals surface area contributed by atoms with Crippen LogP contribution in [0.4, 0.5) is 0 Å². The molecule has 1 saturated heterocycles. The fourth-order valence-electron chi connectivity index (χ4n) is 3.20. The summed E-state index contributed by atoms with van der Waals surface area (Å²) in [5.74, 6) is 1.53. The van der Waals surface area contributed by atoms with E-state index in [9.17, 15) is 8.42 Å². The molecule has 2 aromatic carbocycles. The number of hydrogen-bond donors (Lipinski definition) is 1. The van der Waals surface area contributed by atoms with Gasteiger partial charge in [-0.15, -0.1) is 0 Å². The number of rotatable bonds is 8. The Morgan fingerprint density at radius 1 is 0.963 bits per heavy atom. The Morgan fingerprint density at radius 2 is 1.67 bits per heavy atom. The molecule has 0 amide bonds. The van der Waals surface area contributed by atoms with E-state index in [4.69, 9.17) is 9.47 Å². The average molecular weight is 391 g/mol. The summed E-state index contributed by atoms with van der Waals surface area (Å²) in [4.78, 5) is 0.366. The van der Waals surface area contributed by atoms with E-state index in [0.29, 0.717) is 31.1 Å². The van der Waals surface area contributed by atoms with Gasteiger partial charge >= 0.3 is 0 Å². The van der Waals surface area contributed by atoms with Crippen molar-refractivity contribution >= 4 is 10.0 Å². The molecule has 6 nitrogen and oxygen atoms in total. The van der Waals surface area contributed by atoms with Gasteiger partial charge in [0.25, 0.3) is 0 Å². The number of sulfonamides is 1. The monoisotopic (exact) mass is 390 g/mol. The Kier molecular flexibility index (Phi) is 6.36. The lowest BCUT2D eigenvalue weighted by Gasteiger charge is -2.15. The first kappa shape index (κ1) is 19.7. The first-order valence-electron chi connectivity index (χ1n) is 9.05. The van der Waals surface area contributed by atoms with Crippen molar-refractivity contribution in [2.45, 2.75) is 30.8 Å². The number of hydrogen-bond acceptors (Lipinski definition) is 5. The third-order valence-electron chi connectivity index (χ3n) is 4.76. The maximum Gasteiger partial charge on any atom is 0.243 e. The molecule has 0 atom stereocenters. The number of methoxy groups -OCH3 is 2. The van der Waals surface area contributed by atoms with Gasteiger partial charge in [0.05, 0.1) is 19.1 Å². The van der Waals surface area contributed by atoms with Crippen molar-refractivity contribution < 1.29 is 17.9 Å². The van der Waals surface area contributed by atoms with Gasteiger partial charge in [-0.3, -0.25) is 0 Å². The summed E-state index contributed by atoms with van der Waals surface area (Å²) in [6.07, 6.45) is 1.88. The van der Waals surface area contributed by atoms with Crippen LogP contribution in [0.5, 0.6) is 11.5 Å². The number of nitrogens with one attached hydrogen (secondary N) is 1. The smallest absolute Gasteiger partial charge is 0.243 e. The summed E-state index contributed by atoms with van der Waals surface area (Å²) in [6, 6.07) is 12.8. The molecule has 7 heteroatoms. The standard InChI is InChI=1S/C20H26N2O4S/c1-25-18-8-7-17(20(13-18)26-2)15-21-14-16-5-9-19(10-6-16)27(23,24)22-11-3-4-12-22/h5-10,13,21H,3-4,11-12,14-15H2,1-2H3. The van der Waals surface area contributed by atoms with Gasteiger partial charge in [0.15, 0.2) is 0 Å². The Hall–Kier alpha value is -2.09. The maximum atomic E-state index is 12.6. The van der Waals surface area contributed by atoms with Gasteiger partial charge in [-0.1, -0.05) is 18.2 Å². The van der Waals surface area contributed by atoms with Gasteiger partial charge in [-0.05, 0) is 36.6 Å². The van der Waals surface area contributed by atoms with Crippen molar-refractivity contribution in [3.8, 4) is 11.5 Å². The van der Waals surface area contributed by atoms with Crippen LogP contribution in [-0.2, 0) is 23.1 Å². The predicted molar refractivity (Wildman–Crippen MR) is 105 cm³/mol. The third kappa shape index (κ3) is 4.61. The summed E-state index contributed by atoms with van der Waals surface area (Å²) >= 11 is 0. The molecule has 0 radical (unpaired) electrons. The fraction of sp³-hybridized carbons (Fsp3) is 0.400. The lowest BCUT2D eigenvalue weighted by molar-refractivity contribution is 0.390. The molecule has 3 rings (SSSR count). The number of ether oxygens (including phenoxy) is 2. The summed E-state index contributed by atoms with van der Waals surface area (Å²) < 4.78 is 37.3. The van der Waals surface area contributed by atoms with E-state index in [1.165, 1.54) is 0 Å². The lowest BCUT2D eigenvalue weighted by Crippen LogP contribution is -2.27. The summed E-state index contributed by atoms with van der Waals surface area (Å²) in [5, 5.41) is 3.36. The van der Waals surface area contributed by atoms with E-state index in [0.717, 1.165) is 35.5 Å². The van der Waals surface area contributed by atoms with E-state index < -0.39 is 10.0 Å². The minimum absolute atomic E-state index is 0.366. The highest BCUT2D eigenvalue weighted by Gasteiger charge is 2.26. The fourth-order valence-corrected chi connectivity index (χ4v) is 4.71. The summed E-state index contributed by atoms with van der Waals surface area (Å²) in [5.41, 5.74) is 2.06. The van der Waals surface area contributed by atoms with E-state index >= 15 is 0 Å². The molecule has 146 valence electrons. The first-order chi connectivity index (χ1) is 13.0. The van der Waals surface area contributed by atoms with Gasteiger partial charge in [-0.25, -0.2) is 8.42 Å². The predicted octanol–water partition coefficient (Wildman–Crippen LogP) is 2.78. The molecule has 0 saturated carbocycles. The van der Waals surface area contributed by atoms with Gasteiger partial charge in [-0.2, -0.15) is 4.31 Å². The summed E-state index contributed by atoms with van der Waals surface area (Å²) in [7, 11) is -0.0881. The third-order valence-corrected chi connectivity index (χ3v) is 6.68. The Labute approximate surface area is 161 Å². The van der Waals surface area contributed by atoms with Crippen LogP contribution >= 0.6 is 0 Å². The van der Waals surface area contributed by atoms with Crippen LogP contribution in [0.15, 0.2) is 47.4 Å². The quantitative estimate of drug-likeness (QED) is 0.751. The molecule has 1 aliphatic heterocycles. The molecular formula is C20H26N2O4S. The lowest BCUT2D eigenvalue weighted by atomic mass is 10.1. The number of nitrogens with zero attached hydrogens (tertiary/aromatic N) is 1. The molecule has 0 spiro atoms. The van der Waals surface area contributed by atoms with Crippen molar-refractivity contribution in [3.63, 3.8) is 0 Å². The van der Waals surface area contributed by atoms with Gasteiger partial charge in [0.1, 0.15) is 11.5 Å². The van der Waals surface area contributed by atoms with Crippen molar-refractivity contribution in [3.05, 3.63) is 53.6 Å². The van der Waals surface area contributed by atoms with E-state index in [2.05, 4.69) is 5.32 Å². The minimum atomic E-state index is -3.35. The highest BCUT2D eigenvalue weighted by Crippen LogP contribution is 2.24. The number of benzene rings is 2. The van der Waals surface area contributed by atoms with Gasteiger partial charge in [0, 0.05) is 37.8 Å². The molecule has 0 unspecified atom stereocenters. The molecule has 1 aliphatic rings. The van der Waals surface area contributed by atoms with Crippen molar-refractivity contribution in [1.82, 2.24) is 9.62 Å². The average Bonchev–Trinajstić information content (AvgIpc) is 3.24. The molecular weight excluding hydrogens is 364 g/mol. The minimum Gasteiger partial charge on any atom is -0.497 e. The molecule has 0 bridgehead atoms. The van der Waals surface area contributed by atoms with Crippen LogP contribution in [0.25, 0.3) is 0 Å². The van der Waals surface area contributed by atoms with E-state index in [1.807, 2.05) is 30.3 Å².